The minimum atomic E-state index is -0.0768. The fourth-order valence-electron chi connectivity index (χ4n) is 3.94. The fourth-order valence-corrected chi connectivity index (χ4v) is 3.94. The minimum absolute atomic E-state index is 0.0305. The third kappa shape index (κ3) is 4.77. The Hall–Kier alpha value is -4.45. The lowest BCUT2D eigenvalue weighted by Gasteiger charge is -2.22. The van der Waals surface area contributed by atoms with E-state index in [4.69, 9.17) is 4.74 Å². The van der Waals surface area contributed by atoms with Crippen LogP contribution in [0.15, 0.2) is 91.1 Å². The first-order valence-electron chi connectivity index (χ1n) is 11.5. The molecule has 0 atom stereocenters. The molecule has 2 N–H and O–H groups in total. The molecule has 0 bridgehead atoms. The van der Waals surface area contributed by atoms with E-state index in [1.165, 1.54) is 0 Å². The first-order valence-corrected chi connectivity index (χ1v) is 11.5. The van der Waals surface area contributed by atoms with Crippen LogP contribution in [0.2, 0.25) is 0 Å². The lowest BCUT2D eigenvalue weighted by Crippen LogP contribution is -2.12. The molecule has 5 rings (SSSR count). The average Bonchev–Trinajstić information content (AvgIpc) is 3.26. The van der Waals surface area contributed by atoms with Crippen molar-refractivity contribution in [1.29, 1.82) is 0 Å². The van der Waals surface area contributed by atoms with Gasteiger partial charge in [0.25, 0.3) is 0 Å². The predicted molar refractivity (Wildman–Crippen MR) is 139 cm³/mol. The number of imidazole rings is 1. The highest BCUT2D eigenvalue weighted by atomic mass is 16.5. The molecule has 6 nitrogen and oxygen atoms in total. The summed E-state index contributed by atoms with van der Waals surface area (Å²) in [5.74, 6) is 1.71. The number of nitrogens with zero attached hydrogens (tertiary/aromatic N) is 2. The number of hydrogen-bond donors (Lipinski definition) is 2. The van der Waals surface area contributed by atoms with E-state index in [2.05, 4.69) is 47.1 Å². The standard InChI is InChI=1S/C29H26N4O2/c1-29(2,3)21-12-7-8-14-25(21)35-27-23(13-9-17-30-27)32-28-31-22-16-15-20(18-24(22)33-28)26(34)19-10-5-4-6-11-19/h4-18H,1-3H3,(H2,31,32,33). The van der Waals surface area contributed by atoms with Crippen molar-refractivity contribution in [3.63, 3.8) is 0 Å². The highest BCUT2D eigenvalue weighted by Gasteiger charge is 2.20. The Labute approximate surface area is 204 Å². The Balaban J connectivity index is 1.42. The van der Waals surface area contributed by atoms with Gasteiger partial charge in [-0.1, -0.05) is 69.3 Å². The van der Waals surface area contributed by atoms with E-state index < -0.39 is 0 Å². The van der Waals surface area contributed by atoms with Crippen molar-refractivity contribution in [3.8, 4) is 11.6 Å². The van der Waals surface area contributed by atoms with Gasteiger partial charge in [-0.15, -0.1) is 0 Å². The number of hydrogen-bond acceptors (Lipinski definition) is 5. The van der Waals surface area contributed by atoms with Crippen LogP contribution in [0, 0.1) is 0 Å². The quantitative estimate of drug-likeness (QED) is 0.265. The number of aromatic amines is 1. The number of pyridine rings is 1. The second-order valence-electron chi connectivity index (χ2n) is 9.34. The monoisotopic (exact) mass is 462 g/mol. The molecular weight excluding hydrogens is 436 g/mol. The Morgan fingerprint density at radius 1 is 0.886 bits per heavy atom. The summed E-state index contributed by atoms with van der Waals surface area (Å²) in [6.07, 6.45) is 1.69. The van der Waals surface area contributed by atoms with Crippen molar-refractivity contribution in [2.45, 2.75) is 26.2 Å². The van der Waals surface area contributed by atoms with E-state index in [0.29, 0.717) is 28.6 Å². The molecule has 0 unspecified atom stereocenters. The Kier molecular flexibility index (Phi) is 5.79. The number of benzene rings is 3. The maximum atomic E-state index is 12.8. The molecule has 0 fully saturated rings. The van der Waals surface area contributed by atoms with Crippen LogP contribution in [0.25, 0.3) is 11.0 Å². The molecule has 174 valence electrons. The number of fused-ring (bicyclic) bond motifs is 1. The number of para-hydroxylation sites is 1. The van der Waals surface area contributed by atoms with Crippen LogP contribution < -0.4 is 10.1 Å². The van der Waals surface area contributed by atoms with Gasteiger partial charge in [0.15, 0.2) is 5.78 Å². The van der Waals surface area contributed by atoms with Crippen molar-refractivity contribution >= 4 is 28.5 Å². The SMILES string of the molecule is CC(C)(C)c1ccccc1Oc1ncccc1Nc1nc2ccc(C(=O)c3ccccc3)cc2[nH]1. The van der Waals surface area contributed by atoms with Gasteiger partial charge in [0.1, 0.15) is 11.4 Å². The van der Waals surface area contributed by atoms with Gasteiger partial charge in [-0.25, -0.2) is 9.97 Å². The Bertz CT molecular complexity index is 1500. The van der Waals surface area contributed by atoms with Gasteiger partial charge in [-0.05, 0) is 41.8 Å². The van der Waals surface area contributed by atoms with Gasteiger partial charge < -0.3 is 15.0 Å². The van der Waals surface area contributed by atoms with E-state index >= 15 is 0 Å². The molecule has 2 aromatic heterocycles. The summed E-state index contributed by atoms with van der Waals surface area (Å²) in [4.78, 5) is 25.2. The summed E-state index contributed by atoms with van der Waals surface area (Å²) in [5.41, 5.74) is 4.46. The summed E-state index contributed by atoms with van der Waals surface area (Å²) in [6, 6.07) is 26.4. The summed E-state index contributed by atoms with van der Waals surface area (Å²) < 4.78 is 6.25. The maximum absolute atomic E-state index is 12.8. The first kappa shape index (κ1) is 22.3. The van der Waals surface area contributed by atoms with Gasteiger partial charge in [0.05, 0.1) is 11.0 Å². The number of anilines is 2. The van der Waals surface area contributed by atoms with Crippen LogP contribution in [0.3, 0.4) is 0 Å². The second kappa shape index (κ2) is 9.06. The zero-order chi connectivity index (χ0) is 24.4. The number of aromatic nitrogens is 3. The van der Waals surface area contributed by atoms with Crippen molar-refractivity contribution < 1.29 is 9.53 Å². The van der Waals surface area contributed by atoms with Crippen LogP contribution >= 0.6 is 0 Å². The second-order valence-corrected chi connectivity index (χ2v) is 9.34. The molecule has 2 heterocycles. The molecule has 0 saturated carbocycles. The largest absolute Gasteiger partial charge is 0.437 e. The summed E-state index contributed by atoms with van der Waals surface area (Å²) in [5, 5.41) is 3.28. The van der Waals surface area contributed by atoms with Crippen molar-refractivity contribution in [3.05, 3.63) is 108 Å². The summed E-state index contributed by atoms with van der Waals surface area (Å²) in [6.45, 7) is 6.45. The minimum Gasteiger partial charge on any atom is -0.437 e. The van der Waals surface area contributed by atoms with Crippen molar-refractivity contribution in [2.75, 3.05) is 5.32 Å². The molecule has 0 radical (unpaired) electrons. The number of ether oxygens (including phenoxy) is 1. The number of carbonyl (C=O) groups is 1. The molecule has 3 aromatic carbocycles. The van der Waals surface area contributed by atoms with Gasteiger partial charge in [0, 0.05) is 22.9 Å². The highest BCUT2D eigenvalue weighted by molar-refractivity contribution is 6.10. The molecule has 0 amide bonds. The zero-order valence-corrected chi connectivity index (χ0v) is 19.9. The predicted octanol–water partition coefficient (Wildman–Crippen LogP) is 7.02. The number of ketones is 1. The maximum Gasteiger partial charge on any atom is 0.243 e. The number of H-pyrrole nitrogens is 1. The molecule has 6 heteroatoms. The van der Waals surface area contributed by atoms with Crippen molar-refractivity contribution in [2.24, 2.45) is 0 Å². The van der Waals surface area contributed by atoms with Gasteiger partial charge in [0.2, 0.25) is 11.8 Å². The van der Waals surface area contributed by atoms with Crippen LogP contribution in [-0.2, 0) is 5.41 Å². The normalized spacial score (nSPS) is 11.4. The molecule has 0 spiro atoms. The van der Waals surface area contributed by atoms with Crippen LogP contribution in [0.1, 0.15) is 42.3 Å². The smallest absolute Gasteiger partial charge is 0.243 e. The van der Waals surface area contributed by atoms with Gasteiger partial charge >= 0.3 is 0 Å². The Morgan fingerprint density at radius 3 is 2.46 bits per heavy atom. The van der Waals surface area contributed by atoms with Gasteiger partial charge in [-0.3, -0.25) is 4.79 Å². The van der Waals surface area contributed by atoms with E-state index in [1.54, 1.807) is 12.3 Å². The Morgan fingerprint density at radius 2 is 1.66 bits per heavy atom. The topological polar surface area (TPSA) is 79.9 Å². The lowest BCUT2D eigenvalue weighted by atomic mass is 9.86. The average molecular weight is 463 g/mol. The van der Waals surface area contributed by atoms with Gasteiger partial charge in [-0.2, -0.15) is 0 Å². The van der Waals surface area contributed by atoms with E-state index in [9.17, 15) is 4.79 Å². The zero-order valence-electron chi connectivity index (χ0n) is 19.9. The molecule has 0 aliphatic heterocycles. The summed E-state index contributed by atoms with van der Waals surface area (Å²) in [7, 11) is 0. The third-order valence-electron chi connectivity index (χ3n) is 5.71. The van der Waals surface area contributed by atoms with Crippen LogP contribution in [-0.4, -0.2) is 20.7 Å². The number of rotatable bonds is 6. The lowest BCUT2D eigenvalue weighted by molar-refractivity contribution is 0.103. The molecule has 0 aliphatic rings. The first-order chi connectivity index (χ1) is 16.9. The van der Waals surface area contributed by atoms with E-state index in [-0.39, 0.29) is 11.2 Å². The number of carbonyl (C=O) groups excluding carboxylic acids is 1. The molecule has 0 aliphatic carbocycles. The summed E-state index contributed by atoms with van der Waals surface area (Å²) >= 11 is 0. The molecule has 35 heavy (non-hydrogen) atoms. The molecule has 0 saturated heterocycles. The van der Waals surface area contributed by atoms with Crippen LogP contribution in [0.5, 0.6) is 11.6 Å². The highest BCUT2D eigenvalue weighted by Crippen LogP contribution is 2.36. The molecular formula is C29H26N4O2. The van der Waals surface area contributed by atoms with E-state index in [1.807, 2.05) is 72.8 Å². The number of nitrogens with one attached hydrogen (secondary N) is 2. The third-order valence-corrected chi connectivity index (χ3v) is 5.71. The fraction of sp³-hybridized carbons (Fsp3) is 0.138. The van der Waals surface area contributed by atoms with Crippen LogP contribution in [0.4, 0.5) is 11.6 Å². The molecule has 5 aromatic rings. The van der Waals surface area contributed by atoms with Crippen molar-refractivity contribution in [1.82, 2.24) is 15.0 Å². The van der Waals surface area contributed by atoms with E-state index in [0.717, 1.165) is 22.3 Å².